The van der Waals surface area contributed by atoms with Crippen LogP contribution in [0.25, 0.3) is 0 Å². The van der Waals surface area contributed by atoms with E-state index in [4.69, 9.17) is 4.74 Å². The summed E-state index contributed by atoms with van der Waals surface area (Å²) in [6.45, 7) is 0. The summed E-state index contributed by atoms with van der Waals surface area (Å²) in [4.78, 5) is 2.29. The van der Waals surface area contributed by atoms with Crippen LogP contribution >= 0.6 is 17.0 Å². The van der Waals surface area contributed by atoms with Gasteiger partial charge in [-0.2, -0.15) is 0 Å². The minimum atomic E-state index is -0.219. The Morgan fingerprint density at radius 2 is 2.00 bits per heavy atom. The molecular formula is C8H14BrNO2. The van der Waals surface area contributed by atoms with Crippen LogP contribution in [0.2, 0.25) is 0 Å². The predicted octanol–water partition coefficient (Wildman–Crippen LogP) is 0.169. The van der Waals surface area contributed by atoms with Crippen molar-refractivity contribution >= 4 is 17.0 Å². The highest BCUT2D eigenvalue weighted by Crippen LogP contribution is 2.44. The number of halogens is 1. The highest BCUT2D eigenvalue weighted by molar-refractivity contribution is 8.93. The van der Waals surface area contributed by atoms with Gasteiger partial charge in [-0.1, -0.05) is 0 Å². The van der Waals surface area contributed by atoms with Gasteiger partial charge in [0.25, 0.3) is 0 Å². The predicted molar refractivity (Wildman–Crippen MR) is 49.6 cm³/mol. The minimum Gasteiger partial charge on any atom is -0.389 e. The van der Waals surface area contributed by atoms with E-state index in [1.807, 2.05) is 0 Å². The van der Waals surface area contributed by atoms with Crippen LogP contribution in [0.3, 0.4) is 0 Å². The summed E-state index contributed by atoms with van der Waals surface area (Å²) in [5.41, 5.74) is 0. The molecule has 3 nitrogen and oxygen atoms in total. The number of rotatable bonds is 0. The molecule has 4 rings (SSSR count). The molecule has 0 aromatic rings. The molecule has 4 bridgehead atoms. The maximum absolute atomic E-state index is 9.71. The van der Waals surface area contributed by atoms with Gasteiger partial charge in [-0.3, -0.25) is 4.90 Å². The Morgan fingerprint density at radius 3 is 2.58 bits per heavy atom. The molecule has 0 amide bonds. The highest BCUT2D eigenvalue weighted by atomic mass is 79.9. The molecule has 0 aromatic heterocycles. The molecule has 0 aromatic carbocycles. The van der Waals surface area contributed by atoms with Crippen molar-refractivity contribution in [3.05, 3.63) is 0 Å². The zero-order chi connectivity index (χ0) is 7.59. The molecule has 4 aliphatic rings. The molecular weight excluding hydrogens is 222 g/mol. The van der Waals surface area contributed by atoms with Crippen molar-refractivity contribution in [1.29, 1.82) is 0 Å². The summed E-state index contributed by atoms with van der Waals surface area (Å²) >= 11 is 0. The topological polar surface area (TPSA) is 32.7 Å². The number of piperidine rings is 1. The molecule has 1 N–H and O–H groups in total. The summed E-state index contributed by atoms with van der Waals surface area (Å²) in [7, 11) is 2.10. The molecule has 12 heavy (non-hydrogen) atoms. The van der Waals surface area contributed by atoms with Gasteiger partial charge < -0.3 is 9.84 Å². The Labute approximate surface area is 82.5 Å². The van der Waals surface area contributed by atoms with Crippen LogP contribution in [0, 0.1) is 0 Å². The maximum atomic E-state index is 9.71. The van der Waals surface area contributed by atoms with Gasteiger partial charge in [0.2, 0.25) is 0 Å². The molecule has 0 aliphatic carbocycles. The number of hydrogen-bond donors (Lipinski definition) is 1. The van der Waals surface area contributed by atoms with Crippen LogP contribution < -0.4 is 0 Å². The molecule has 4 heterocycles. The van der Waals surface area contributed by atoms with Gasteiger partial charge in [0.05, 0.1) is 12.2 Å². The van der Waals surface area contributed by atoms with E-state index >= 15 is 0 Å². The molecule has 4 fully saturated rings. The normalized spacial score (nSPS) is 56.0. The van der Waals surface area contributed by atoms with Crippen LogP contribution in [-0.4, -0.2) is 47.4 Å². The number of ether oxygens (including phenoxy) is 1. The monoisotopic (exact) mass is 235 g/mol. The first-order valence-electron chi connectivity index (χ1n) is 4.33. The molecule has 4 heteroatoms. The van der Waals surface area contributed by atoms with Crippen LogP contribution in [-0.2, 0) is 4.74 Å². The largest absolute Gasteiger partial charge is 0.389 e. The van der Waals surface area contributed by atoms with Crippen molar-refractivity contribution < 1.29 is 9.84 Å². The SMILES string of the molecule is Br.CN1C2CC3CC1C(O3)C2O. The first-order chi connectivity index (χ1) is 5.27. The summed E-state index contributed by atoms with van der Waals surface area (Å²) in [6, 6.07) is 0.895. The van der Waals surface area contributed by atoms with Crippen molar-refractivity contribution in [2.24, 2.45) is 0 Å². The summed E-state index contributed by atoms with van der Waals surface area (Å²) < 4.78 is 5.64. The number of aliphatic hydroxyl groups excluding tert-OH is 1. The number of nitrogens with zero attached hydrogens (tertiary/aromatic N) is 1. The van der Waals surface area contributed by atoms with Gasteiger partial charge >= 0.3 is 0 Å². The van der Waals surface area contributed by atoms with E-state index in [0.29, 0.717) is 18.2 Å². The van der Waals surface area contributed by atoms with Crippen molar-refractivity contribution in [3.63, 3.8) is 0 Å². The number of likely N-dealkylation sites (N-methyl/N-ethyl adjacent to an activating group) is 1. The Hall–Kier alpha value is 0.360. The van der Waals surface area contributed by atoms with E-state index in [0.717, 1.165) is 12.8 Å². The Balaban J connectivity index is 0.000000563. The second kappa shape index (κ2) is 2.67. The molecule has 0 saturated carbocycles. The zero-order valence-corrected chi connectivity index (χ0v) is 8.72. The van der Waals surface area contributed by atoms with Gasteiger partial charge in [0.15, 0.2) is 0 Å². The Kier molecular flexibility index (Phi) is 1.99. The molecule has 5 atom stereocenters. The third-order valence-electron chi connectivity index (χ3n) is 3.51. The van der Waals surface area contributed by atoms with E-state index in [9.17, 15) is 5.11 Å². The Morgan fingerprint density at radius 1 is 1.33 bits per heavy atom. The lowest BCUT2D eigenvalue weighted by atomic mass is 10.0. The molecule has 5 unspecified atom stereocenters. The van der Waals surface area contributed by atoms with Crippen LogP contribution in [0.15, 0.2) is 0 Å². The van der Waals surface area contributed by atoms with Crippen molar-refractivity contribution in [2.75, 3.05) is 7.05 Å². The van der Waals surface area contributed by atoms with E-state index in [2.05, 4.69) is 11.9 Å². The third kappa shape index (κ3) is 0.867. The van der Waals surface area contributed by atoms with Crippen molar-refractivity contribution in [3.8, 4) is 0 Å². The molecule has 70 valence electrons. The Bertz CT molecular complexity index is 179. The first kappa shape index (κ1) is 8.94. The van der Waals surface area contributed by atoms with Gasteiger partial charge in [-0.15, -0.1) is 17.0 Å². The lowest BCUT2D eigenvalue weighted by Gasteiger charge is -2.33. The fourth-order valence-electron chi connectivity index (χ4n) is 2.91. The van der Waals surface area contributed by atoms with Crippen LogP contribution in [0.1, 0.15) is 12.8 Å². The van der Waals surface area contributed by atoms with Crippen LogP contribution in [0.5, 0.6) is 0 Å². The van der Waals surface area contributed by atoms with Crippen LogP contribution in [0.4, 0.5) is 0 Å². The van der Waals surface area contributed by atoms with E-state index < -0.39 is 0 Å². The average molecular weight is 236 g/mol. The molecule has 4 aliphatic heterocycles. The van der Waals surface area contributed by atoms with Gasteiger partial charge in [0, 0.05) is 12.1 Å². The second-order valence-electron chi connectivity index (χ2n) is 3.98. The van der Waals surface area contributed by atoms with Gasteiger partial charge in [0.1, 0.15) is 6.10 Å². The lowest BCUT2D eigenvalue weighted by molar-refractivity contribution is -0.0758. The second-order valence-corrected chi connectivity index (χ2v) is 3.98. The quantitative estimate of drug-likeness (QED) is 0.650. The smallest absolute Gasteiger partial charge is 0.101 e. The number of aliphatic hydroxyl groups is 1. The molecule has 0 radical (unpaired) electrons. The average Bonchev–Trinajstić information content (AvgIpc) is 2.39. The standard InChI is InChI=1S/C8H13NO2.BrH/c1-9-5-2-4-3-6(9)8(11-4)7(5)10;/h4-8,10H,2-3H2,1H3;1H. The third-order valence-corrected chi connectivity index (χ3v) is 3.51. The van der Waals surface area contributed by atoms with Crippen molar-refractivity contribution in [1.82, 2.24) is 4.90 Å². The van der Waals surface area contributed by atoms with E-state index in [1.54, 1.807) is 0 Å². The van der Waals surface area contributed by atoms with Crippen molar-refractivity contribution in [2.45, 2.75) is 43.2 Å². The fourth-order valence-corrected chi connectivity index (χ4v) is 2.91. The van der Waals surface area contributed by atoms with E-state index in [-0.39, 0.29) is 29.2 Å². The number of hydrogen-bond acceptors (Lipinski definition) is 3. The molecule has 4 saturated heterocycles. The van der Waals surface area contributed by atoms with Gasteiger partial charge in [-0.25, -0.2) is 0 Å². The van der Waals surface area contributed by atoms with E-state index in [1.165, 1.54) is 0 Å². The molecule has 0 spiro atoms. The fraction of sp³-hybridized carbons (Fsp3) is 1.00. The highest BCUT2D eigenvalue weighted by Gasteiger charge is 2.57. The lowest BCUT2D eigenvalue weighted by Crippen LogP contribution is -2.44. The summed E-state index contributed by atoms with van der Waals surface area (Å²) in [5, 5.41) is 9.71. The summed E-state index contributed by atoms with van der Waals surface area (Å²) in [5.74, 6) is 0. The zero-order valence-electron chi connectivity index (χ0n) is 7.01. The summed E-state index contributed by atoms with van der Waals surface area (Å²) in [6.07, 6.45) is 2.53. The van der Waals surface area contributed by atoms with Gasteiger partial charge in [-0.05, 0) is 19.9 Å². The first-order valence-corrected chi connectivity index (χ1v) is 4.33. The maximum Gasteiger partial charge on any atom is 0.101 e. The minimum absolute atomic E-state index is 0.